The second kappa shape index (κ2) is 10.7. The second-order valence-corrected chi connectivity index (χ2v) is 5.32. The summed E-state index contributed by atoms with van der Waals surface area (Å²) >= 11 is 0. The lowest BCUT2D eigenvalue weighted by molar-refractivity contribution is -0.122. The Balaban J connectivity index is 3.43. The number of aldehydes is 1. The molecule has 0 aromatic carbocycles. The molecule has 0 radical (unpaired) electrons. The highest BCUT2D eigenvalue weighted by Gasteiger charge is 2.18. The number of hydrazine groups is 1. The Labute approximate surface area is 120 Å². The Bertz CT molecular complexity index is 279. The third-order valence-electron chi connectivity index (χ3n) is 2.57. The fourth-order valence-electron chi connectivity index (χ4n) is 1.26. The highest BCUT2D eigenvalue weighted by Crippen LogP contribution is 2.07. The van der Waals surface area contributed by atoms with E-state index in [2.05, 4.69) is 5.32 Å². The fraction of sp³-hybridized carbons (Fsp3) is 0.846. The predicted octanol–water partition coefficient (Wildman–Crippen LogP) is -0.301. The maximum atomic E-state index is 11.5. The summed E-state index contributed by atoms with van der Waals surface area (Å²) in [5, 5.41) is 4.39. The van der Waals surface area contributed by atoms with Gasteiger partial charge in [0.1, 0.15) is 12.9 Å². The molecule has 0 aliphatic carbocycles. The van der Waals surface area contributed by atoms with E-state index in [9.17, 15) is 9.59 Å². The van der Waals surface area contributed by atoms with E-state index in [0.29, 0.717) is 45.6 Å². The van der Waals surface area contributed by atoms with Gasteiger partial charge in [0, 0.05) is 25.0 Å². The standard InChI is InChI=1S/C13H27N3O4/c1-13(2,3)16(14)6-4-12(18)15-5-8-19-10-11-20-9-7-17/h7H,4-6,8-11,14H2,1-3H3,(H,15,18). The van der Waals surface area contributed by atoms with E-state index in [0.717, 1.165) is 0 Å². The number of carbonyl (C=O) groups is 2. The zero-order chi connectivity index (χ0) is 15.4. The van der Waals surface area contributed by atoms with E-state index in [1.807, 2.05) is 20.8 Å². The van der Waals surface area contributed by atoms with Crippen molar-refractivity contribution in [3.63, 3.8) is 0 Å². The average molecular weight is 289 g/mol. The van der Waals surface area contributed by atoms with Crippen molar-refractivity contribution in [1.82, 2.24) is 10.3 Å². The number of hydrogen-bond donors (Lipinski definition) is 2. The van der Waals surface area contributed by atoms with Crippen LogP contribution in [-0.4, -0.2) is 62.3 Å². The van der Waals surface area contributed by atoms with E-state index in [1.54, 1.807) is 5.01 Å². The van der Waals surface area contributed by atoms with Crippen molar-refractivity contribution in [3.8, 4) is 0 Å². The van der Waals surface area contributed by atoms with Gasteiger partial charge in [0.15, 0.2) is 0 Å². The summed E-state index contributed by atoms with van der Waals surface area (Å²) in [6.45, 7) is 8.22. The zero-order valence-corrected chi connectivity index (χ0v) is 12.7. The number of ether oxygens (including phenoxy) is 2. The lowest BCUT2D eigenvalue weighted by Gasteiger charge is -2.30. The highest BCUT2D eigenvalue weighted by atomic mass is 16.5. The van der Waals surface area contributed by atoms with E-state index in [-0.39, 0.29) is 18.1 Å². The summed E-state index contributed by atoms with van der Waals surface area (Å²) in [6.07, 6.45) is 1.05. The van der Waals surface area contributed by atoms with Crippen LogP contribution in [0.25, 0.3) is 0 Å². The molecule has 0 unspecified atom stereocenters. The van der Waals surface area contributed by atoms with Crippen LogP contribution in [0, 0.1) is 0 Å². The Kier molecular flexibility index (Phi) is 10.2. The molecule has 1 amide bonds. The number of amides is 1. The summed E-state index contributed by atoms with van der Waals surface area (Å²) in [5.74, 6) is 5.77. The van der Waals surface area contributed by atoms with Crippen molar-refractivity contribution in [2.45, 2.75) is 32.7 Å². The summed E-state index contributed by atoms with van der Waals surface area (Å²) in [6, 6.07) is 0. The van der Waals surface area contributed by atoms with Crippen LogP contribution in [0.3, 0.4) is 0 Å². The molecule has 0 rings (SSSR count). The van der Waals surface area contributed by atoms with Gasteiger partial charge in [-0.05, 0) is 20.8 Å². The number of carbonyl (C=O) groups excluding carboxylic acids is 2. The van der Waals surface area contributed by atoms with Crippen molar-refractivity contribution in [2.24, 2.45) is 5.84 Å². The smallest absolute Gasteiger partial charge is 0.221 e. The molecule has 0 bridgehead atoms. The Hall–Kier alpha value is -1.02. The molecule has 0 aliphatic rings. The molecule has 0 spiro atoms. The number of nitrogens with two attached hydrogens (primary N) is 1. The van der Waals surface area contributed by atoms with Gasteiger partial charge in [-0.2, -0.15) is 0 Å². The van der Waals surface area contributed by atoms with Crippen molar-refractivity contribution < 1.29 is 19.1 Å². The lowest BCUT2D eigenvalue weighted by atomic mass is 10.1. The molecule has 0 aromatic rings. The second-order valence-electron chi connectivity index (χ2n) is 5.32. The SMILES string of the molecule is CC(C)(C)N(N)CCC(=O)NCCOCCOCC=O. The first kappa shape index (κ1) is 19.0. The Morgan fingerprint density at radius 2 is 1.90 bits per heavy atom. The fourth-order valence-corrected chi connectivity index (χ4v) is 1.26. The summed E-state index contributed by atoms with van der Waals surface area (Å²) in [4.78, 5) is 21.5. The normalized spacial score (nSPS) is 11.7. The molecule has 0 saturated heterocycles. The molecule has 118 valence electrons. The van der Waals surface area contributed by atoms with Gasteiger partial charge >= 0.3 is 0 Å². The van der Waals surface area contributed by atoms with E-state index < -0.39 is 0 Å². The van der Waals surface area contributed by atoms with Gasteiger partial charge in [0.2, 0.25) is 5.91 Å². The maximum absolute atomic E-state index is 11.5. The molecule has 0 heterocycles. The van der Waals surface area contributed by atoms with Crippen LogP contribution in [0.4, 0.5) is 0 Å². The topological polar surface area (TPSA) is 93.9 Å². The molecule has 3 N–H and O–H groups in total. The quantitative estimate of drug-likeness (QED) is 0.235. The van der Waals surface area contributed by atoms with Crippen LogP contribution < -0.4 is 11.2 Å². The minimum atomic E-state index is -0.148. The lowest BCUT2D eigenvalue weighted by Crippen LogP contribution is -2.48. The molecular formula is C13H27N3O4. The van der Waals surface area contributed by atoms with Crippen LogP contribution in [0.2, 0.25) is 0 Å². The molecule has 0 fully saturated rings. The first-order valence-corrected chi connectivity index (χ1v) is 6.76. The van der Waals surface area contributed by atoms with Crippen LogP contribution in [0.1, 0.15) is 27.2 Å². The van der Waals surface area contributed by atoms with Crippen LogP contribution in [-0.2, 0) is 19.1 Å². The highest BCUT2D eigenvalue weighted by molar-refractivity contribution is 5.76. The molecule has 0 atom stereocenters. The van der Waals surface area contributed by atoms with Gasteiger partial charge in [-0.25, -0.2) is 5.01 Å². The van der Waals surface area contributed by atoms with Gasteiger partial charge < -0.3 is 19.6 Å². The van der Waals surface area contributed by atoms with Gasteiger partial charge in [-0.15, -0.1) is 0 Å². The number of nitrogens with zero attached hydrogens (tertiary/aromatic N) is 1. The third-order valence-corrected chi connectivity index (χ3v) is 2.57. The average Bonchev–Trinajstić information content (AvgIpc) is 2.37. The zero-order valence-electron chi connectivity index (χ0n) is 12.7. The van der Waals surface area contributed by atoms with Crippen LogP contribution >= 0.6 is 0 Å². The maximum Gasteiger partial charge on any atom is 0.221 e. The molecule has 0 aliphatic heterocycles. The van der Waals surface area contributed by atoms with Crippen molar-refractivity contribution in [2.75, 3.05) is 39.5 Å². The van der Waals surface area contributed by atoms with Crippen molar-refractivity contribution in [1.29, 1.82) is 0 Å². The van der Waals surface area contributed by atoms with Crippen LogP contribution in [0.5, 0.6) is 0 Å². The molecule has 7 nitrogen and oxygen atoms in total. The Morgan fingerprint density at radius 1 is 1.25 bits per heavy atom. The van der Waals surface area contributed by atoms with Gasteiger partial charge in [0.05, 0.1) is 19.8 Å². The predicted molar refractivity (Wildman–Crippen MR) is 76.0 cm³/mol. The molecule has 0 saturated carbocycles. The molecule has 0 aromatic heterocycles. The summed E-state index contributed by atoms with van der Waals surface area (Å²) in [7, 11) is 0. The van der Waals surface area contributed by atoms with Gasteiger partial charge in [-0.3, -0.25) is 10.6 Å². The van der Waals surface area contributed by atoms with E-state index in [1.165, 1.54) is 0 Å². The van der Waals surface area contributed by atoms with Crippen molar-refractivity contribution >= 4 is 12.2 Å². The molecule has 7 heteroatoms. The largest absolute Gasteiger partial charge is 0.377 e. The number of nitrogens with one attached hydrogen (secondary N) is 1. The van der Waals surface area contributed by atoms with Gasteiger partial charge in [-0.1, -0.05) is 0 Å². The first-order chi connectivity index (χ1) is 9.38. The molecule has 20 heavy (non-hydrogen) atoms. The summed E-state index contributed by atoms with van der Waals surface area (Å²) < 4.78 is 10.1. The third kappa shape index (κ3) is 10.9. The number of hydrogen-bond acceptors (Lipinski definition) is 6. The van der Waals surface area contributed by atoms with Crippen molar-refractivity contribution in [3.05, 3.63) is 0 Å². The minimum Gasteiger partial charge on any atom is -0.377 e. The monoisotopic (exact) mass is 289 g/mol. The Morgan fingerprint density at radius 3 is 2.50 bits per heavy atom. The molecular weight excluding hydrogens is 262 g/mol. The van der Waals surface area contributed by atoms with Gasteiger partial charge in [0.25, 0.3) is 0 Å². The minimum absolute atomic E-state index is 0.0505. The summed E-state index contributed by atoms with van der Waals surface area (Å²) in [5.41, 5.74) is -0.148. The van der Waals surface area contributed by atoms with E-state index >= 15 is 0 Å². The first-order valence-electron chi connectivity index (χ1n) is 6.76. The van der Waals surface area contributed by atoms with E-state index in [4.69, 9.17) is 15.3 Å². The number of rotatable bonds is 11. The van der Waals surface area contributed by atoms with Crippen LogP contribution in [0.15, 0.2) is 0 Å².